The van der Waals surface area contributed by atoms with Crippen LogP contribution in [0.2, 0.25) is 0 Å². The predicted octanol–water partition coefficient (Wildman–Crippen LogP) is 2.30. The van der Waals surface area contributed by atoms with Crippen molar-refractivity contribution in [3.8, 4) is 5.88 Å². The molecule has 0 aromatic carbocycles. The fourth-order valence-electron chi connectivity index (χ4n) is 2.30. The summed E-state index contributed by atoms with van der Waals surface area (Å²) in [4.78, 5) is 22.3. The number of methoxy groups -OCH3 is 1. The third kappa shape index (κ3) is 4.75. The zero-order chi connectivity index (χ0) is 16.2. The topological polar surface area (TPSA) is 76.6 Å². The first-order chi connectivity index (χ1) is 10.4. The smallest absolute Gasteiger partial charge is 0.410 e. The van der Waals surface area contributed by atoms with Gasteiger partial charge < -0.3 is 19.7 Å². The number of anilines is 1. The number of likely N-dealkylation sites (tertiary alicyclic amines) is 1. The molecule has 0 bridgehead atoms. The lowest BCUT2D eigenvalue weighted by Crippen LogP contribution is -2.47. The first kappa shape index (κ1) is 16.3. The number of hydrogen-bond acceptors (Lipinski definition) is 6. The van der Waals surface area contributed by atoms with Crippen LogP contribution in [0.3, 0.4) is 0 Å². The van der Waals surface area contributed by atoms with E-state index in [1.54, 1.807) is 24.3 Å². The lowest BCUT2D eigenvalue weighted by Gasteiger charge is -2.34. The molecule has 0 radical (unpaired) electrons. The third-order valence-corrected chi connectivity index (χ3v) is 3.25. The van der Waals surface area contributed by atoms with Crippen LogP contribution in [-0.4, -0.2) is 52.8 Å². The molecule has 0 unspecified atom stereocenters. The second-order valence-electron chi connectivity index (χ2n) is 6.33. The summed E-state index contributed by atoms with van der Waals surface area (Å²) in [6.45, 7) is 6.90. The van der Waals surface area contributed by atoms with E-state index in [0.717, 1.165) is 12.8 Å². The number of piperidine rings is 1. The quantitative estimate of drug-likeness (QED) is 0.923. The Morgan fingerprint density at radius 1 is 1.45 bits per heavy atom. The fourth-order valence-corrected chi connectivity index (χ4v) is 2.30. The van der Waals surface area contributed by atoms with Crippen molar-refractivity contribution in [2.24, 2.45) is 0 Å². The molecule has 1 saturated heterocycles. The molecule has 22 heavy (non-hydrogen) atoms. The van der Waals surface area contributed by atoms with Gasteiger partial charge in [-0.2, -0.15) is 4.98 Å². The molecule has 1 aliphatic heterocycles. The van der Waals surface area contributed by atoms with Crippen molar-refractivity contribution in [3.63, 3.8) is 0 Å². The molecule has 7 nitrogen and oxygen atoms in total. The van der Waals surface area contributed by atoms with Gasteiger partial charge in [0.1, 0.15) is 5.60 Å². The Labute approximate surface area is 131 Å². The number of hydrogen-bond donors (Lipinski definition) is 1. The average Bonchev–Trinajstić information content (AvgIpc) is 2.46. The molecule has 122 valence electrons. The molecule has 2 heterocycles. The van der Waals surface area contributed by atoms with Gasteiger partial charge in [0.2, 0.25) is 11.8 Å². The first-order valence-corrected chi connectivity index (χ1v) is 7.49. The lowest BCUT2D eigenvalue weighted by molar-refractivity contribution is 0.0206. The Kier molecular flexibility index (Phi) is 5.05. The van der Waals surface area contributed by atoms with E-state index in [2.05, 4.69) is 15.3 Å². The van der Waals surface area contributed by atoms with E-state index >= 15 is 0 Å². The fraction of sp³-hybridized carbons (Fsp3) is 0.667. The number of nitrogens with zero attached hydrogens (tertiary/aromatic N) is 3. The normalized spacial score (nSPS) is 18.7. The van der Waals surface area contributed by atoms with Crippen LogP contribution in [0.5, 0.6) is 5.88 Å². The molecule has 0 saturated carbocycles. The van der Waals surface area contributed by atoms with E-state index in [9.17, 15) is 4.79 Å². The highest BCUT2D eigenvalue weighted by Gasteiger charge is 2.27. The van der Waals surface area contributed by atoms with Gasteiger partial charge in [0.15, 0.2) is 0 Å². The van der Waals surface area contributed by atoms with Gasteiger partial charge in [-0.3, -0.25) is 0 Å². The molecular weight excluding hydrogens is 284 g/mol. The SMILES string of the molecule is COc1ccnc(N[C@H]2CCCN(C(=O)OC(C)(C)C)C2)n1. The van der Waals surface area contributed by atoms with Crippen LogP contribution in [0.15, 0.2) is 12.3 Å². The lowest BCUT2D eigenvalue weighted by atomic mass is 10.1. The summed E-state index contributed by atoms with van der Waals surface area (Å²) in [5.41, 5.74) is -0.479. The number of rotatable bonds is 3. The summed E-state index contributed by atoms with van der Waals surface area (Å²) >= 11 is 0. The van der Waals surface area contributed by atoms with Crippen LogP contribution < -0.4 is 10.1 Å². The number of carbonyl (C=O) groups excluding carboxylic acids is 1. The highest BCUT2D eigenvalue weighted by molar-refractivity contribution is 5.68. The van der Waals surface area contributed by atoms with Gasteiger partial charge in [-0.15, -0.1) is 0 Å². The van der Waals surface area contributed by atoms with E-state index in [-0.39, 0.29) is 12.1 Å². The van der Waals surface area contributed by atoms with Gasteiger partial charge in [-0.25, -0.2) is 9.78 Å². The van der Waals surface area contributed by atoms with Crippen molar-refractivity contribution in [1.29, 1.82) is 0 Å². The third-order valence-electron chi connectivity index (χ3n) is 3.25. The van der Waals surface area contributed by atoms with Crippen molar-refractivity contribution in [2.45, 2.75) is 45.3 Å². The summed E-state index contributed by atoms with van der Waals surface area (Å²) < 4.78 is 10.5. The number of aromatic nitrogens is 2. The molecular formula is C15H24N4O3. The van der Waals surface area contributed by atoms with Crippen molar-refractivity contribution in [3.05, 3.63) is 12.3 Å². The Hall–Kier alpha value is -2.05. The maximum atomic E-state index is 12.1. The minimum Gasteiger partial charge on any atom is -0.481 e. The second-order valence-corrected chi connectivity index (χ2v) is 6.33. The average molecular weight is 308 g/mol. The summed E-state index contributed by atoms with van der Waals surface area (Å²) in [5.74, 6) is 1.02. The van der Waals surface area contributed by atoms with E-state index in [1.807, 2.05) is 20.8 Å². The minimum absolute atomic E-state index is 0.105. The van der Waals surface area contributed by atoms with Crippen LogP contribution in [0.4, 0.5) is 10.7 Å². The summed E-state index contributed by atoms with van der Waals surface area (Å²) in [6.07, 6.45) is 3.24. The highest BCUT2D eigenvalue weighted by atomic mass is 16.6. The van der Waals surface area contributed by atoms with Crippen LogP contribution in [-0.2, 0) is 4.74 Å². The Balaban J connectivity index is 1.94. The van der Waals surface area contributed by atoms with E-state index < -0.39 is 5.60 Å². The molecule has 1 fully saturated rings. The maximum Gasteiger partial charge on any atom is 0.410 e. The molecule has 1 amide bonds. The van der Waals surface area contributed by atoms with Gasteiger partial charge in [-0.1, -0.05) is 0 Å². The zero-order valence-corrected chi connectivity index (χ0v) is 13.6. The Morgan fingerprint density at radius 2 is 2.23 bits per heavy atom. The van der Waals surface area contributed by atoms with Crippen LogP contribution >= 0.6 is 0 Å². The summed E-state index contributed by atoms with van der Waals surface area (Å²) in [5, 5.41) is 3.25. The van der Waals surface area contributed by atoms with E-state index in [1.165, 1.54) is 0 Å². The second kappa shape index (κ2) is 6.81. The van der Waals surface area contributed by atoms with Gasteiger partial charge >= 0.3 is 6.09 Å². The number of amides is 1. The van der Waals surface area contributed by atoms with Crippen molar-refractivity contribution >= 4 is 12.0 Å². The molecule has 1 aliphatic rings. The van der Waals surface area contributed by atoms with E-state index in [4.69, 9.17) is 9.47 Å². The summed E-state index contributed by atoms with van der Waals surface area (Å²) in [6, 6.07) is 1.80. The maximum absolute atomic E-state index is 12.1. The van der Waals surface area contributed by atoms with Gasteiger partial charge in [-0.05, 0) is 33.6 Å². The number of nitrogens with one attached hydrogen (secondary N) is 1. The van der Waals surface area contributed by atoms with Gasteiger partial charge in [0, 0.05) is 31.4 Å². The molecule has 1 atom stereocenters. The Bertz CT molecular complexity index is 516. The van der Waals surface area contributed by atoms with Crippen LogP contribution in [0, 0.1) is 0 Å². The number of ether oxygens (including phenoxy) is 2. The Morgan fingerprint density at radius 3 is 2.91 bits per heavy atom. The molecule has 1 N–H and O–H groups in total. The summed E-state index contributed by atoms with van der Waals surface area (Å²) in [7, 11) is 1.57. The van der Waals surface area contributed by atoms with Crippen LogP contribution in [0.1, 0.15) is 33.6 Å². The molecule has 2 rings (SSSR count). The van der Waals surface area contributed by atoms with Gasteiger partial charge in [0.05, 0.1) is 7.11 Å². The van der Waals surface area contributed by atoms with Crippen molar-refractivity contribution in [1.82, 2.24) is 14.9 Å². The molecule has 0 spiro atoms. The van der Waals surface area contributed by atoms with Crippen LogP contribution in [0.25, 0.3) is 0 Å². The molecule has 1 aromatic rings. The van der Waals surface area contributed by atoms with E-state index in [0.29, 0.717) is 24.9 Å². The van der Waals surface area contributed by atoms with Gasteiger partial charge in [0.25, 0.3) is 0 Å². The highest BCUT2D eigenvalue weighted by Crippen LogP contribution is 2.18. The standard InChI is InChI=1S/C15H24N4O3/c1-15(2,3)22-14(20)19-9-5-6-11(10-19)17-13-16-8-7-12(18-13)21-4/h7-8,11H,5-6,9-10H2,1-4H3,(H,16,17,18)/t11-/m0/s1. The molecule has 7 heteroatoms. The van der Waals surface area contributed by atoms with Crippen molar-refractivity contribution < 1.29 is 14.3 Å². The largest absolute Gasteiger partial charge is 0.481 e. The molecule has 1 aromatic heterocycles. The first-order valence-electron chi connectivity index (χ1n) is 7.49. The zero-order valence-electron chi connectivity index (χ0n) is 13.6. The molecule has 0 aliphatic carbocycles. The number of carbonyl (C=O) groups is 1. The monoisotopic (exact) mass is 308 g/mol. The minimum atomic E-state index is -0.479. The van der Waals surface area contributed by atoms with Crippen molar-refractivity contribution in [2.75, 3.05) is 25.5 Å². The predicted molar refractivity (Wildman–Crippen MR) is 83.0 cm³/mol.